The predicted molar refractivity (Wildman–Crippen MR) is 74.3 cm³/mol. The molecule has 0 saturated carbocycles. The van der Waals surface area contributed by atoms with Crippen molar-refractivity contribution in [3.8, 4) is 0 Å². The van der Waals surface area contributed by atoms with Crippen LogP contribution in [0, 0.1) is 10.1 Å². The third-order valence-corrected chi connectivity index (χ3v) is 3.38. The van der Waals surface area contributed by atoms with Crippen LogP contribution in [0.5, 0.6) is 0 Å². The Hall–Kier alpha value is -2.03. The smallest absolute Gasteiger partial charge is 0.338 e. The number of methoxy groups -OCH3 is 1. The second-order valence-corrected chi connectivity index (χ2v) is 4.91. The average molecular weight is 311 g/mol. The molecular weight excluding hydrogens is 294 g/mol. The maximum atomic E-state index is 12.0. The van der Waals surface area contributed by atoms with E-state index in [1.165, 1.54) is 31.4 Å². The highest BCUT2D eigenvalue weighted by molar-refractivity contribution is 5.89. The minimum Gasteiger partial charge on any atom is -0.458 e. The molecule has 0 unspecified atom stereocenters. The molecule has 120 valence electrons. The van der Waals surface area contributed by atoms with Crippen molar-refractivity contribution in [1.82, 2.24) is 0 Å². The van der Waals surface area contributed by atoms with Crippen LogP contribution >= 0.6 is 0 Å². The fourth-order valence-electron chi connectivity index (χ4n) is 2.23. The van der Waals surface area contributed by atoms with Gasteiger partial charge in [0, 0.05) is 32.1 Å². The van der Waals surface area contributed by atoms with Crippen LogP contribution in [-0.2, 0) is 14.2 Å². The van der Waals surface area contributed by atoms with Gasteiger partial charge in [0.15, 0.2) is 6.29 Å². The van der Waals surface area contributed by atoms with Gasteiger partial charge in [-0.2, -0.15) is 0 Å². The van der Waals surface area contributed by atoms with Crippen molar-refractivity contribution in [2.24, 2.45) is 0 Å². The molecule has 8 heteroatoms. The predicted octanol–water partition coefficient (Wildman–Crippen LogP) is 1.26. The Bertz CT molecular complexity index is 518. The van der Waals surface area contributed by atoms with Crippen LogP contribution in [0.4, 0.5) is 5.69 Å². The van der Waals surface area contributed by atoms with E-state index in [4.69, 9.17) is 14.2 Å². The highest BCUT2D eigenvalue weighted by Crippen LogP contribution is 2.23. The molecule has 1 aliphatic heterocycles. The summed E-state index contributed by atoms with van der Waals surface area (Å²) in [6.45, 7) is -0.189. The maximum Gasteiger partial charge on any atom is 0.338 e. The Balaban J connectivity index is 1.99. The van der Waals surface area contributed by atoms with Crippen molar-refractivity contribution >= 4 is 11.7 Å². The zero-order valence-corrected chi connectivity index (χ0v) is 12.0. The Labute approximate surface area is 126 Å². The third-order valence-electron chi connectivity index (χ3n) is 3.38. The van der Waals surface area contributed by atoms with Crippen LogP contribution in [-0.4, -0.2) is 48.2 Å². The molecule has 8 nitrogen and oxygen atoms in total. The summed E-state index contributed by atoms with van der Waals surface area (Å²) in [5.41, 5.74) is 0.133. The highest BCUT2D eigenvalue weighted by atomic mass is 16.7. The van der Waals surface area contributed by atoms with Crippen LogP contribution in [0.1, 0.15) is 23.2 Å². The molecule has 1 aromatic rings. The molecule has 0 radical (unpaired) electrons. The number of nitrogens with zero attached hydrogens (tertiary/aromatic N) is 1. The van der Waals surface area contributed by atoms with Gasteiger partial charge in [0.25, 0.3) is 5.69 Å². The average Bonchev–Trinajstić information content (AvgIpc) is 2.54. The molecular formula is C14H17NO7. The molecule has 1 heterocycles. The number of rotatable bonds is 5. The number of aliphatic hydroxyl groups excluding tert-OH is 1. The monoisotopic (exact) mass is 311 g/mol. The van der Waals surface area contributed by atoms with E-state index < -0.39 is 29.4 Å². The van der Waals surface area contributed by atoms with Crippen LogP contribution in [0.2, 0.25) is 0 Å². The van der Waals surface area contributed by atoms with Gasteiger partial charge >= 0.3 is 5.97 Å². The number of benzene rings is 1. The van der Waals surface area contributed by atoms with E-state index in [1.807, 2.05) is 0 Å². The minimum absolute atomic E-state index is 0.0950. The van der Waals surface area contributed by atoms with Crippen molar-refractivity contribution in [2.45, 2.75) is 31.3 Å². The molecule has 0 bridgehead atoms. The molecule has 3 atom stereocenters. The highest BCUT2D eigenvalue weighted by Gasteiger charge is 2.31. The van der Waals surface area contributed by atoms with E-state index in [1.54, 1.807) is 0 Å². The van der Waals surface area contributed by atoms with Crippen molar-refractivity contribution in [3.05, 3.63) is 39.9 Å². The van der Waals surface area contributed by atoms with Gasteiger partial charge in [-0.25, -0.2) is 4.79 Å². The number of non-ortho nitro benzene ring substituents is 1. The van der Waals surface area contributed by atoms with Crippen LogP contribution in [0.3, 0.4) is 0 Å². The first-order valence-electron chi connectivity index (χ1n) is 6.78. The molecule has 1 aromatic carbocycles. The van der Waals surface area contributed by atoms with Gasteiger partial charge in [-0.3, -0.25) is 10.1 Å². The zero-order valence-electron chi connectivity index (χ0n) is 12.0. The molecule has 22 heavy (non-hydrogen) atoms. The lowest BCUT2D eigenvalue weighted by Crippen LogP contribution is -2.40. The molecule has 0 aromatic heterocycles. The molecule has 1 fully saturated rings. The van der Waals surface area contributed by atoms with E-state index in [9.17, 15) is 20.0 Å². The number of hydrogen-bond acceptors (Lipinski definition) is 7. The number of hydrogen-bond donors (Lipinski definition) is 1. The van der Waals surface area contributed by atoms with Crippen LogP contribution < -0.4 is 0 Å². The van der Waals surface area contributed by atoms with Gasteiger partial charge in [-0.15, -0.1) is 0 Å². The summed E-state index contributed by atoms with van der Waals surface area (Å²) < 4.78 is 15.9. The Morgan fingerprint density at radius 1 is 1.41 bits per heavy atom. The Morgan fingerprint density at radius 2 is 2.09 bits per heavy atom. The number of nitro benzene ring substituents is 1. The van der Waals surface area contributed by atoms with Crippen molar-refractivity contribution in [2.75, 3.05) is 13.7 Å². The first-order valence-corrected chi connectivity index (χ1v) is 6.78. The van der Waals surface area contributed by atoms with Gasteiger partial charge < -0.3 is 19.3 Å². The molecule has 1 saturated heterocycles. The minimum atomic E-state index is -0.576. The number of nitro groups is 1. The number of aliphatic hydroxyl groups is 1. The number of carbonyl (C=O) groups is 1. The summed E-state index contributed by atoms with van der Waals surface area (Å²) in [6, 6.07) is 5.18. The normalized spacial score (nSPS) is 24.7. The van der Waals surface area contributed by atoms with Crippen molar-refractivity contribution in [3.63, 3.8) is 0 Å². The van der Waals surface area contributed by atoms with E-state index in [2.05, 4.69) is 0 Å². The number of esters is 1. The standard InChI is InChI=1S/C14H17NO7/c1-20-13-7-11(6-12(8-16)21-13)22-14(17)9-2-4-10(5-3-9)15(18)19/h2-5,11-13,16H,6-8H2,1H3/t11-,12+,13-/m1/s1. The fraction of sp³-hybridized carbons (Fsp3) is 0.500. The molecule has 0 amide bonds. The van der Waals surface area contributed by atoms with Gasteiger partial charge in [0.05, 0.1) is 23.2 Å². The second kappa shape index (κ2) is 7.30. The van der Waals surface area contributed by atoms with E-state index in [0.717, 1.165) is 0 Å². The summed E-state index contributed by atoms with van der Waals surface area (Å²) >= 11 is 0. The second-order valence-electron chi connectivity index (χ2n) is 4.91. The van der Waals surface area contributed by atoms with Gasteiger partial charge in [0.1, 0.15) is 6.10 Å². The summed E-state index contributed by atoms with van der Waals surface area (Å²) in [6.07, 6.45) is -0.701. The van der Waals surface area contributed by atoms with Gasteiger partial charge in [-0.1, -0.05) is 0 Å². The first kappa shape index (κ1) is 16.3. The summed E-state index contributed by atoms with van der Waals surface area (Å²) in [5.74, 6) is -0.576. The Kier molecular flexibility index (Phi) is 5.42. The SMILES string of the molecule is CO[C@H]1C[C@H](OC(=O)c2ccc([N+](=O)[O-])cc2)C[C@@H](CO)O1. The van der Waals surface area contributed by atoms with Gasteiger partial charge in [-0.05, 0) is 12.1 Å². The van der Waals surface area contributed by atoms with Gasteiger partial charge in [0.2, 0.25) is 0 Å². The lowest BCUT2D eigenvalue weighted by molar-refractivity contribution is -0.384. The third kappa shape index (κ3) is 4.00. The fourth-order valence-corrected chi connectivity index (χ4v) is 2.23. The molecule has 0 spiro atoms. The van der Waals surface area contributed by atoms with E-state index in [-0.39, 0.29) is 17.9 Å². The first-order chi connectivity index (χ1) is 10.5. The maximum absolute atomic E-state index is 12.0. The topological polar surface area (TPSA) is 108 Å². The summed E-state index contributed by atoms with van der Waals surface area (Å²) in [5, 5.41) is 19.7. The molecule has 1 N–H and O–H groups in total. The number of ether oxygens (including phenoxy) is 3. The summed E-state index contributed by atoms with van der Waals surface area (Å²) in [7, 11) is 1.47. The lowest BCUT2D eigenvalue weighted by atomic mass is 10.1. The molecule has 0 aliphatic carbocycles. The van der Waals surface area contributed by atoms with E-state index >= 15 is 0 Å². The quantitative estimate of drug-likeness (QED) is 0.495. The lowest BCUT2D eigenvalue weighted by Gasteiger charge is -2.33. The zero-order chi connectivity index (χ0) is 16.1. The van der Waals surface area contributed by atoms with E-state index in [0.29, 0.717) is 12.8 Å². The van der Waals surface area contributed by atoms with Crippen molar-refractivity contribution < 1.29 is 29.0 Å². The number of carbonyl (C=O) groups excluding carboxylic acids is 1. The summed E-state index contributed by atoms with van der Waals surface area (Å²) in [4.78, 5) is 22.1. The largest absolute Gasteiger partial charge is 0.458 e. The van der Waals surface area contributed by atoms with Crippen molar-refractivity contribution in [1.29, 1.82) is 0 Å². The Morgan fingerprint density at radius 3 is 2.64 bits per heavy atom. The van der Waals surface area contributed by atoms with Crippen LogP contribution in [0.25, 0.3) is 0 Å². The molecule has 1 aliphatic rings. The molecule has 2 rings (SSSR count). The van der Waals surface area contributed by atoms with Crippen LogP contribution in [0.15, 0.2) is 24.3 Å².